The van der Waals surface area contributed by atoms with Gasteiger partial charge < -0.3 is 5.11 Å². The van der Waals surface area contributed by atoms with E-state index in [0.29, 0.717) is 12.5 Å². The van der Waals surface area contributed by atoms with E-state index in [1.807, 2.05) is 0 Å². The summed E-state index contributed by atoms with van der Waals surface area (Å²) in [6.45, 7) is 4.79. The Morgan fingerprint density at radius 1 is 0.613 bits per heavy atom. The molecule has 0 aliphatic carbocycles. The van der Waals surface area contributed by atoms with Crippen LogP contribution in [-0.4, -0.2) is 11.7 Å². The molecule has 0 spiro atoms. The number of benzene rings is 2. The van der Waals surface area contributed by atoms with Gasteiger partial charge in [-0.05, 0) is 55.2 Å². The summed E-state index contributed by atoms with van der Waals surface area (Å²) in [5.41, 5.74) is 5.37. The molecule has 0 aliphatic rings. The third-order valence-electron chi connectivity index (χ3n) is 6.64. The Balaban J connectivity index is 1.51. The van der Waals surface area contributed by atoms with Gasteiger partial charge >= 0.3 is 0 Å². The number of aliphatic hydroxyl groups excluding tert-OH is 1. The van der Waals surface area contributed by atoms with Gasteiger partial charge in [0.25, 0.3) is 0 Å². The highest BCUT2D eigenvalue weighted by molar-refractivity contribution is 5.63. The molecule has 0 amide bonds. The van der Waals surface area contributed by atoms with E-state index in [0.717, 1.165) is 0 Å². The Kier molecular flexibility index (Phi) is 13.3. The second-order valence-corrected chi connectivity index (χ2v) is 9.47. The minimum absolute atomic E-state index is 0.382. The van der Waals surface area contributed by atoms with Gasteiger partial charge in [-0.3, -0.25) is 0 Å². The summed E-state index contributed by atoms with van der Waals surface area (Å²) >= 11 is 0. The summed E-state index contributed by atoms with van der Waals surface area (Å²) < 4.78 is 0. The van der Waals surface area contributed by atoms with Gasteiger partial charge in [-0.25, -0.2) is 0 Å². The lowest BCUT2D eigenvalue weighted by Crippen LogP contribution is -2.06. The van der Waals surface area contributed by atoms with Crippen molar-refractivity contribution >= 4 is 0 Å². The molecule has 172 valence electrons. The molecule has 2 rings (SSSR count). The maximum atomic E-state index is 9.64. The second kappa shape index (κ2) is 16.1. The highest BCUT2D eigenvalue weighted by Gasteiger charge is 2.07. The zero-order valence-corrected chi connectivity index (χ0v) is 20.2. The van der Waals surface area contributed by atoms with Crippen LogP contribution in [0.5, 0.6) is 0 Å². The molecule has 0 aromatic heterocycles. The number of rotatable bonds is 17. The quantitative estimate of drug-likeness (QED) is 0.252. The van der Waals surface area contributed by atoms with Crippen LogP contribution in [0.1, 0.15) is 102 Å². The molecule has 1 atom stereocenters. The van der Waals surface area contributed by atoms with E-state index in [-0.39, 0.29) is 0 Å². The number of unbranched alkanes of at least 4 members (excludes halogenated alkanes) is 9. The van der Waals surface area contributed by atoms with Crippen LogP contribution in [0.4, 0.5) is 0 Å². The Morgan fingerprint density at radius 3 is 1.65 bits per heavy atom. The summed E-state index contributed by atoms with van der Waals surface area (Å²) in [6, 6.07) is 17.9. The Morgan fingerprint density at radius 2 is 1.10 bits per heavy atom. The Hall–Kier alpha value is -1.60. The smallest absolute Gasteiger partial charge is 0.0459 e. The van der Waals surface area contributed by atoms with Crippen LogP contribution in [0.3, 0.4) is 0 Å². The van der Waals surface area contributed by atoms with Crippen molar-refractivity contribution in [2.45, 2.75) is 104 Å². The molecule has 1 nitrogen and oxygen atoms in total. The maximum absolute atomic E-state index is 9.64. The predicted octanol–water partition coefficient (Wildman–Crippen LogP) is 8.90. The van der Waals surface area contributed by atoms with Crippen molar-refractivity contribution in [1.82, 2.24) is 0 Å². The fourth-order valence-corrected chi connectivity index (χ4v) is 4.44. The molecule has 1 heteroatoms. The second-order valence-electron chi connectivity index (χ2n) is 9.47. The van der Waals surface area contributed by atoms with Crippen LogP contribution in [-0.2, 0) is 6.42 Å². The normalized spacial score (nSPS) is 12.2. The molecule has 0 saturated carbocycles. The molecule has 31 heavy (non-hydrogen) atoms. The van der Waals surface area contributed by atoms with Gasteiger partial charge in [0.05, 0.1) is 0 Å². The zero-order valence-electron chi connectivity index (χ0n) is 20.2. The molecule has 0 heterocycles. The predicted molar refractivity (Wildman–Crippen MR) is 137 cm³/mol. The van der Waals surface area contributed by atoms with Crippen molar-refractivity contribution in [1.29, 1.82) is 0 Å². The highest BCUT2D eigenvalue weighted by Crippen LogP contribution is 2.22. The molecule has 1 N–H and O–H groups in total. The van der Waals surface area contributed by atoms with Gasteiger partial charge in [0.15, 0.2) is 0 Å². The largest absolute Gasteiger partial charge is 0.396 e. The lowest BCUT2D eigenvalue weighted by molar-refractivity contribution is 0.204. The fraction of sp³-hybridized carbons (Fsp3) is 0.600. The molecule has 0 radical (unpaired) electrons. The highest BCUT2D eigenvalue weighted by atomic mass is 16.3. The zero-order chi connectivity index (χ0) is 22.2. The minimum atomic E-state index is 0.382. The number of hydrogen-bond donors (Lipinski definition) is 1. The Bertz CT molecular complexity index is 671. The number of aliphatic hydroxyl groups is 1. The van der Waals surface area contributed by atoms with E-state index in [9.17, 15) is 5.11 Å². The first-order valence-electron chi connectivity index (χ1n) is 13.0. The van der Waals surface area contributed by atoms with E-state index in [4.69, 9.17) is 0 Å². The molecule has 0 fully saturated rings. The lowest BCUT2D eigenvalue weighted by Gasteiger charge is -2.13. The van der Waals surface area contributed by atoms with Crippen LogP contribution in [0.25, 0.3) is 11.1 Å². The first kappa shape index (κ1) is 25.7. The van der Waals surface area contributed by atoms with Gasteiger partial charge in [0, 0.05) is 6.61 Å². The molecule has 2 aromatic rings. The summed E-state index contributed by atoms with van der Waals surface area (Å²) in [4.78, 5) is 0. The van der Waals surface area contributed by atoms with Crippen LogP contribution in [0, 0.1) is 12.8 Å². The van der Waals surface area contributed by atoms with Crippen molar-refractivity contribution < 1.29 is 5.11 Å². The van der Waals surface area contributed by atoms with Crippen molar-refractivity contribution in [2.75, 3.05) is 6.61 Å². The van der Waals surface area contributed by atoms with E-state index < -0.39 is 0 Å². The molecule has 0 aliphatic heterocycles. The van der Waals surface area contributed by atoms with E-state index in [1.54, 1.807) is 0 Å². The van der Waals surface area contributed by atoms with Crippen molar-refractivity contribution in [3.63, 3.8) is 0 Å². The maximum Gasteiger partial charge on any atom is 0.0459 e. The standard InChI is InChI=1S/C30H46O/c1-3-4-5-6-8-12-15-28(25-31)16-13-10-7-9-11-14-27-19-23-30(24-20-27)29-21-17-26(2)18-22-29/h17-24,28,31H,3-16,25H2,1-2H3. The van der Waals surface area contributed by atoms with Gasteiger partial charge in [-0.1, -0.05) is 125 Å². The van der Waals surface area contributed by atoms with Gasteiger partial charge in [0.1, 0.15) is 0 Å². The monoisotopic (exact) mass is 422 g/mol. The molecular formula is C30H46O. The summed E-state index contributed by atoms with van der Waals surface area (Å²) in [5, 5.41) is 9.64. The van der Waals surface area contributed by atoms with Gasteiger partial charge in [-0.2, -0.15) is 0 Å². The van der Waals surface area contributed by atoms with Crippen LogP contribution < -0.4 is 0 Å². The van der Waals surface area contributed by atoms with Crippen molar-refractivity contribution in [2.24, 2.45) is 5.92 Å². The first-order chi connectivity index (χ1) is 15.2. The lowest BCUT2D eigenvalue weighted by atomic mass is 9.94. The van der Waals surface area contributed by atoms with Gasteiger partial charge in [-0.15, -0.1) is 0 Å². The first-order valence-corrected chi connectivity index (χ1v) is 13.0. The molecule has 1 unspecified atom stereocenters. The molecule has 2 aromatic carbocycles. The topological polar surface area (TPSA) is 20.2 Å². The minimum Gasteiger partial charge on any atom is -0.396 e. The average Bonchev–Trinajstić information content (AvgIpc) is 2.80. The number of aryl methyl sites for hydroxylation is 2. The molecule has 0 saturated heterocycles. The molecular weight excluding hydrogens is 376 g/mol. The van der Waals surface area contributed by atoms with E-state index in [1.165, 1.54) is 112 Å². The molecule has 0 bridgehead atoms. The number of hydrogen-bond acceptors (Lipinski definition) is 1. The van der Waals surface area contributed by atoms with Crippen LogP contribution in [0.15, 0.2) is 48.5 Å². The van der Waals surface area contributed by atoms with Crippen LogP contribution >= 0.6 is 0 Å². The summed E-state index contributed by atoms with van der Waals surface area (Å²) in [6.07, 6.45) is 18.3. The average molecular weight is 423 g/mol. The van der Waals surface area contributed by atoms with Gasteiger partial charge in [0.2, 0.25) is 0 Å². The third kappa shape index (κ3) is 11.0. The van der Waals surface area contributed by atoms with Crippen LogP contribution in [0.2, 0.25) is 0 Å². The third-order valence-corrected chi connectivity index (χ3v) is 6.64. The summed E-state index contributed by atoms with van der Waals surface area (Å²) in [5.74, 6) is 0.540. The van der Waals surface area contributed by atoms with E-state index in [2.05, 4.69) is 62.4 Å². The Labute approximate surface area is 192 Å². The van der Waals surface area contributed by atoms with Crippen molar-refractivity contribution in [3.8, 4) is 11.1 Å². The summed E-state index contributed by atoms with van der Waals surface area (Å²) in [7, 11) is 0. The van der Waals surface area contributed by atoms with E-state index >= 15 is 0 Å². The fourth-order valence-electron chi connectivity index (χ4n) is 4.44. The van der Waals surface area contributed by atoms with Crippen molar-refractivity contribution in [3.05, 3.63) is 59.7 Å². The SMILES string of the molecule is CCCCCCCCC(CO)CCCCCCCc1ccc(-c2ccc(C)cc2)cc1.